The van der Waals surface area contributed by atoms with E-state index in [9.17, 15) is 0 Å². The molecule has 1 aromatic rings. The first-order chi connectivity index (χ1) is 9.13. The van der Waals surface area contributed by atoms with Gasteiger partial charge in [-0.2, -0.15) is 4.98 Å². The molecule has 0 aromatic carbocycles. The molecule has 19 heavy (non-hydrogen) atoms. The Kier molecular flexibility index (Phi) is 4.90. The molecule has 6 heteroatoms. The lowest BCUT2D eigenvalue weighted by atomic mass is 9.97. The van der Waals surface area contributed by atoms with Crippen molar-refractivity contribution in [3.8, 4) is 0 Å². The Morgan fingerprint density at radius 3 is 2.89 bits per heavy atom. The van der Waals surface area contributed by atoms with Crippen LogP contribution in [0.5, 0.6) is 0 Å². The van der Waals surface area contributed by atoms with Gasteiger partial charge in [-0.05, 0) is 19.3 Å². The van der Waals surface area contributed by atoms with Crippen LogP contribution in [0.2, 0.25) is 0 Å². The first kappa shape index (κ1) is 14.4. The molecule has 2 heterocycles. The van der Waals surface area contributed by atoms with Crippen LogP contribution in [0.25, 0.3) is 0 Å². The maximum atomic E-state index is 6.08. The normalized spacial score (nSPS) is 25.7. The minimum atomic E-state index is -0.136. The molecule has 0 saturated carbocycles. The second kappa shape index (κ2) is 6.45. The average Bonchev–Trinajstić information content (AvgIpc) is 2.85. The number of ether oxygens (including phenoxy) is 2. The molecule has 1 saturated heterocycles. The highest BCUT2D eigenvalue weighted by Gasteiger charge is 2.31. The Morgan fingerprint density at radius 1 is 1.47 bits per heavy atom. The Hall–Kier alpha value is -0.980. The van der Waals surface area contributed by atoms with Gasteiger partial charge in [0.1, 0.15) is 6.10 Å². The predicted molar refractivity (Wildman–Crippen MR) is 69.7 cm³/mol. The molecular weight excluding hydrogens is 246 g/mol. The smallest absolute Gasteiger partial charge is 0.233 e. The fourth-order valence-electron chi connectivity index (χ4n) is 2.27. The lowest BCUT2D eigenvalue weighted by Gasteiger charge is -2.25. The first-order valence-corrected chi connectivity index (χ1v) is 6.91. The molecule has 0 bridgehead atoms. The van der Waals surface area contributed by atoms with Gasteiger partial charge in [0.25, 0.3) is 0 Å². The monoisotopic (exact) mass is 269 g/mol. The Balaban J connectivity index is 2.12. The predicted octanol–water partition coefficient (Wildman–Crippen LogP) is 1.63. The molecule has 3 unspecified atom stereocenters. The standard InChI is InChI=1S/C13H23N3O3/c1-4-18-11(8(2)3)12-15-13(19-16-12)9-7-17-6-5-10(9)14/h8-11H,4-7,14H2,1-3H3. The van der Waals surface area contributed by atoms with Crippen LogP contribution < -0.4 is 5.73 Å². The van der Waals surface area contributed by atoms with E-state index in [0.29, 0.717) is 37.5 Å². The molecule has 6 nitrogen and oxygen atoms in total. The second-order valence-electron chi connectivity index (χ2n) is 5.24. The highest BCUT2D eigenvalue weighted by atomic mass is 16.5. The van der Waals surface area contributed by atoms with Crippen LogP contribution in [0.3, 0.4) is 0 Å². The van der Waals surface area contributed by atoms with Gasteiger partial charge in [-0.3, -0.25) is 0 Å². The molecule has 0 spiro atoms. The number of nitrogens with zero attached hydrogens (tertiary/aromatic N) is 2. The van der Waals surface area contributed by atoms with E-state index >= 15 is 0 Å². The summed E-state index contributed by atoms with van der Waals surface area (Å²) < 4.78 is 16.5. The molecule has 1 fully saturated rings. The van der Waals surface area contributed by atoms with E-state index in [1.54, 1.807) is 0 Å². The topological polar surface area (TPSA) is 83.4 Å². The number of aromatic nitrogens is 2. The van der Waals surface area contributed by atoms with E-state index in [-0.39, 0.29) is 18.1 Å². The average molecular weight is 269 g/mol. The van der Waals surface area contributed by atoms with Crippen molar-refractivity contribution in [1.82, 2.24) is 10.1 Å². The Bertz CT molecular complexity index is 376. The Morgan fingerprint density at radius 2 is 2.26 bits per heavy atom. The van der Waals surface area contributed by atoms with Crippen LogP contribution in [0.4, 0.5) is 0 Å². The van der Waals surface area contributed by atoms with Gasteiger partial charge in [-0.15, -0.1) is 0 Å². The van der Waals surface area contributed by atoms with Gasteiger partial charge in [0.15, 0.2) is 0 Å². The van der Waals surface area contributed by atoms with Gasteiger partial charge in [0.2, 0.25) is 11.7 Å². The van der Waals surface area contributed by atoms with E-state index in [1.165, 1.54) is 0 Å². The van der Waals surface area contributed by atoms with Crippen molar-refractivity contribution in [2.75, 3.05) is 19.8 Å². The largest absolute Gasteiger partial charge is 0.381 e. The van der Waals surface area contributed by atoms with Crippen molar-refractivity contribution in [3.63, 3.8) is 0 Å². The number of hydrogen-bond acceptors (Lipinski definition) is 6. The van der Waals surface area contributed by atoms with Crippen molar-refractivity contribution in [2.24, 2.45) is 11.7 Å². The highest BCUT2D eigenvalue weighted by Crippen LogP contribution is 2.27. The lowest BCUT2D eigenvalue weighted by molar-refractivity contribution is 0.0217. The molecule has 3 atom stereocenters. The summed E-state index contributed by atoms with van der Waals surface area (Å²) in [6, 6.07) is 0.0200. The van der Waals surface area contributed by atoms with E-state index in [0.717, 1.165) is 6.42 Å². The molecule has 1 aliphatic heterocycles. The zero-order valence-corrected chi connectivity index (χ0v) is 11.8. The minimum absolute atomic E-state index is 0.00978. The molecule has 0 radical (unpaired) electrons. The third kappa shape index (κ3) is 3.32. The summed E-state index contributed by atoms with van der Waals surface area (Å²) in [7, 11) is 0. The zero-order chi connectivity index (χ0) is 13.8. The molecule has 1 aromatic heterocycles. The number of hydrogen-bond donors (Lipinski definition) is 1. The Labute approximate surface area is 113 Å². The number of rotatable bonds is 5. The van der Waals surface area contributed by atoms with Crippen molar-refractivity contribution >= 4 is 0 Å². The molecule has 2 N–H and O–H groups in total. The van der Waals surface area contributed by atoms with Crippen LogP contribution in [-0.4, -0.2) is 36.0 Å². The van der Waals surface area contributed by atoms with E-state index in [4.69, 9.17) is 19.7 Å². The molecule has 1 aliphatic rings. The summed E-state index contributed by atoms with van der Waals surface area (Å²) >= 11 is 0. The molecule has 2 rings (SSSR count). The molecule has 0 aliphatic carbocycles. The van der Waals surface area contributed by atoms with Crippen molar-refractivity contribution in [3.05, 3.63) is 11.7 Å². The molecular formula is C13H23N3O3. The van der Waals surface area contributed by atoms with Gasteiger partial charge in [0, 0.05) is 19.3 Å². The fraction of sp³-hybridized carbons (Fsp3) is 0.846. The third-order valence-corrected chi connectivity index (χ3v) is 3.39. The minimum Gasteiger partial charge on any atom is -0.381 e. The third-order valence-electron chi connectivity index (χ3n) is 3.39. The van der Waals surface area contributed by atoms with Crippen molar-refractivity contribution in [1.29, 1.82) is 0 Å². The van der Waals surface area contributed by atoms with Gasteiger partial charge < -0.3 is 19.7 Å². The van der Waals surface area contributed by atoms with Crippen LogP contribution in [-0.2, 0) is 9.47 Å². The van der Waals surface area contributed by atoms with Crippen LogP contribution in [0.15, 0.2) is 4.52 Å². The van der Waals surface area contributed by atoms with Gasteiger partial charge >= 0.3 is 0 Å². The maximum Gasteiger partial charge on any atom is 0.233 e. The van der Waals surface area contributed by atoms with Crippen molar-refractivity contribution in [2.45, 2.75) is 45.3 Å². The number of nitrogens with two attached hydrogens (primary N) is 1. The van der Waals surface area contributed by atoms with E-state index in [2.05, 4.69) is 24.0 Å². The summed E-state index contributed by atoms with van der Waals surface area (Å²) in [5, 5.41) is 4.04. The summed E-state index contributed by atoms with van der Waals surface area (Å²) in [4.78, 5) is 4.46. The fourth-order valence-corrected chi connectivity index (χ4v) is 2.27. The van der Waals surface area contributed by atoms with Crippen LogP contribution in [0, 0.1) is 5.92 Å². The summed E-state index contributed by atoms with van der Waals surface area (Å²) in [6.45, 7) is 7.98. The van der Waals surface area contributed by atoms with Crippen LogP contribution >= 0.6 is 0 Å². The first-order valence-electron chi connectivity index (χ1n) is 6.91. The highest BCUT2D eigenvalue weighted by molar-refractivity contribution is 5.02. The summed E-state index contributed by atoms with van der Waals surface area (Å²) in [5.41, 5.74) is 6.08. The van der Waals surface area contributed by atoms with E-state index < -0.39 is 0 Å². The zero-order valence-electron chi connectivity index (χ0n) is 11.8. The SMILES string of the molecule is CCOC(c1noc(C2COCCC2N)n1)C(C)C. The summed E-state index contributed by atoms with van der Waals surface area (Å²) in [6.07, 6.45) is 0.685. The van der Waals surface area contributed by atoms with Gasteiger partial charge in [-0.25, -0.2) is 0 Å². The van der Waals surface area contributed by atoms with Gasteiger partial charge in [-0.1, -0.05) is 19.0 Å². The van der Waals surface area contributed by atoms with E-state index in [1.807, 2.05) is 6.92 Å². The quantitative estimate of drug-likeness (QED) is 0.874. The second-order valence-corrected chi connectivity index (χ2v) is 5.24. The van der Waals surface area contributed by atoms with Crippen LogP contribution in [0.1, 0.15) is 50.9 Å². The van der Waals surface area contributed by atoms with Gasteiger partial charge in [0.05, 0.1) is 12.5 Å². The summed E-state index contributed by atoms with van der Waals surface area (Å²) in [5.74, 6) is 1.45. The molecule has 0 amide bonds. The van der Waals surface area contributed by atoms with Crippen molar-refractivity contribution < 1.29 is 14.0 Å². The lowest BCUT2D eigenvalue weighted by Crippen LogP contribution is -2.37. The molecule has 108 valence electrons. The maximum absolute atomic E-state index is 6.08.